The Balaban J connectivity index is 2.27. The highest BCUT2D eigenvalue weighted by Crippen LogP contribution is 2.11. The fourth-order valence-electron chi connectivity index (χ4n) is 1.21. The molecule has 0 spiro atoms. The van der Waals surface area contributed by atoms with Gasteiger partial charge >= 0.3 is 5.97 Å². The summed E-state index contributed by atoms with van der Waals surface area (Å²) in [6.45, 7) is 2.40. The highest BCUT2D eigenvalue weighted by atomic mass is 16.6. The molecule has 0 aliphatic heterocycles. The van der Waals surface area contributed by atoms with Gasteiger partial charge in [0.05, 0.1) is 13.2 Å². The molecule has 0 atom stereocenters. The number of ether oxygens (including phenoxy) is 2. The number of hydrogen-bond acceptors (Lipinski definition) is 4. The second-order valence-electron chi connectivity index (χ2n) is 3.66. The Morgan fingerprint density at radius 3 is 2.59 bits per heavy atom. The molecule has 0 saturated heterocycles. The van der Waals surface area contributed by atoms with Crippen molar-refractivity contribution in [2.45, 2.75) is 26.4 Å². The van der Waals surface area contributed by atoms with Gasteiger partial charge in [-0.1, -0.05) is 25.5 Å². The van der Waals surface area contributed by atoms with E-state index in [1.807, 2.05) is 6.92 Å². The summed E-state index contributed by atoms with van der Waals surface area (Å²) in [4.78, 5) is 11.2. The fourth-order valence-corrected chi connectivity index (χ4v) is 1.21. The molecule has 0 amide bonds. The van der Waals surface area contributed by atoms with Crippen molar-refractivity contribution in [1.29, 1.82) is 0 Å². The van der Waals surface area contributed by atoms with Crippen LogP contribution in [0.4, 0.5) is 0 Å². The number of rotatable bonds is 7. The number of carbonyl (C=O) groups excluding carboxylic acids is 1. The van der Waals surface area contributed by atoms with Gasteiger partial charge in [0.25, 0.3) is 0 Å². The zero-order valence-corrected chi connectivity index (χ0v) is 10.0. The summed E-state index contributed by atoms with van der Waals surface area (Å²) in [7, 11) is 0. The molecule has 0 bridgehead atoms. The first kappa shape index (κ1) is 13.5. The van der Waals surface area contributed by atoms with Crippen LogP contribution in [-0.2, 0) is 16.1 Å². The van der Waals surface area contributed by atoms with E-state index in [0.717, 1.165) is 18.4 Å². The van der Waals surface area contributed by atoms with Crippen LogP contribution < -0.4 is 4.74 Å². The summed E-state index contributed by atoms with van der Waals surface area (Å²) < 4.78 is 10.2. The van der Waals surface area contributed by atoms with E-state index >= 15 is 0 Å². The lowest BCUT2D eigenvalue weighted by atomic mass is 10.2. The number of hydrogen-bond donors (Lipinski definition) is 1. The molecule has 0 radical (unpaired) electrons. The van der Waals surface area contributed by atoms with E-state index in [-0.39, 0.29) is 19.2 Å². The van der Waals surface area contributed by atoms with Crippen molar-refractivity contribution in [3.05, 3.63) is 29.8 Å². The molecular formula is C13H18O4. The van der Waals surface area contributed by atoms with Gasteiger partial charge < -0.3 is 14.6 Å². The Bertz CT molecular complexity index is 332. The Morgan fingerprint density at radius 1 is 1.29 bits per heavy atom. The van der Waals surface area contributed by atoms with Crippen LogP contribution in [0.1, 0.15) is 25.3 Å². The van der Waals surface area contributed by atoms with Crippen LogP contribution in [-0.4, -0.2) is 24.3 Å². The van der Waals surface area contributed by atoms with Crippen LogP contribution in [0, 0.1) is 0 Å². The summed E-state index contributed by atoms with van der Waals surface area (Å²) in [5, 5.41) is 8.85. The van der Waals surface area contributed by atoms with Crippen LogP contribution in [0.25, 0.3) is 0 Å². The molecular weight excluding hydrogens is 220 g/mol. The van der Waals surface area contributed by atoms with Gasteiger partial charge in [-0.05, 0) is 24.1 Å². The quantitative estimate of drug-likeness (QED) is 0.582. The molecule has 0 aromatic heterocycles. The monoisotopic (exact) mass is 238 g/mol. The number of esters is 1. The van der Waals surface area contributed by atoms with Crippen molar-refractivity contribution in [1.82, 2.24) is 0 Å². The zero-order chi connectivity index (χ0) is 12.5. The molecule has 1 N–H and O–H groups in total. The molecule has 1 aromatic carbocycles. The third kappa shape index (κ3) is 5.36. The van der Waals surface area contributed by atoms with E-state index in [2.05, 4.69) is 0 Å². The second-order valence-corrected chi connectivity index (χ2v) is 3.66. The van der Waals surface area contributed by atoms with Gasteiger partial charge in [-0.2, -0.15) is 0 Å². The number of unbranched alkanes of at least 4 members (excludes halogenated alkanes) is 1. The predicted molar refractivity (Wildman–Crippen MR) is 63.7 cm³/mol. The molecule has 0 heterocycles. The number of carbonyl (C=O) groups is 1. The molecule has 4 nitrogen and oxygen atoms in total. The average molecular weight is 238 g/mol. The average Bonchev–Trinajstić information content (AvgIpc) is 2.37. The lowest BCUT2D eigenvalue weighted by Gasteiger charge is -2.06. The maximum absolute atomic E-state index is 11.2. The minimum absolute atomic E-state index is 0.000655. The summed E-state index contributed by atoms with van der Waals surface area (Å²) in [5.74, 6) is 0.235. The van der Waals surface area contributed by atoms with Crippen molar-refractivity contribution in [3.8, 4) is 5.75 Å². The minimum Gasteiger partial charge on any atom is -0.482 e. The summed E-state index contributed by atoms with van der Waals surface area (Å²) >= 11 is 0. The first-order chi connectivity index (χ1) is 8.26. The molecule has 94 valence electrons. The van der Waals surface area contributed by atoms with E-state index in [4.69, 9.17) is 14.6 Å². The largest absolute Gasteiger partial charge is 0.482 e. The Morgan fingerprint density at radius 2 is 2.00 bits per heavy atom. The van der Waals surface area contributed by atoms with Crippen LogP contribution in [0.5, 0.6) is 5.75 Å². The van der Waals surface area contributed by atoms with Gasteiger partial charge in [0, 0.05) is 0 Å². The van der Waals surface area contributed by atoms with Gasteiger partial charge in [-0.25, -0.2) is 4.79 Å². The van der Waals surface area contributed by atoms with Crippen molar-refractivity contribution in [2.24, 2.45) is 0 Å². The standard InChI is InChI=1S/C13H18O4/c1-2-3-8-16-13(15)10-17-12-6-4-11(9-14)5-7-12/h4-7,14H,2-3,8-10H2,1H3. The molecule has 0 fully saturated rings. The summed E-state index contributed by atoms with van der Waals surface area (Å²) in [6, 6.07) is 6.92. The maximum atomic E-state index is 11.2. The second kappa shape index (κ2) is 7.68. The topological polar surface area (TPSA) is 55.8 Å². The van der Waals surface area contributed by atoms with Crippen LogP contribution in [0.2, 0.25) is 0 Å². The summed E-state index contributed by atoms with van der Waals surface area (Å²) in [6.07, 6.45) is 1.87. The van der Waals surface area contributed by atoms with Crippen LogP contribution in [0.15, 0.2) is 24.3 Å². The molecule has 0 unspecified atom stereocenters. The van der Waals surface area contributed by atoms with Gasteiger partial charge in [-0.15, -0.1) is 0 Å². The van der Waals surface area contributed by atoms with E-state index in [0.29, 0.717) is 12.4 Å². The third-order valence-electron chi connectivity index (χ3n) is 2.22. The van der Waals surface area contributed by atoms with E-state index in [9.17, 15) is 4.79 Å². The van der Waals surface area contributed by atoms with Crippen molar-refractivity contribution in [2.75, 3.05) is 13.2 Å². The Kier molecular flexibility index (Phi) is 6.10. The van der Waals surface area contributed by atoms with Gasteiger partial charge in [0.1, 0.15) is 5.75 Å². The van der Waals surface area contributed by atoms with Crippen LogP contribution in [0.3, 0.4) is 0 Å². The van der Waals surface area contributed by atoms with Gasteiger partial charge in [0.15, 0.2) is 6.61 Å². The lowest BCUT2D eigenvalue weighted by molar-refractivity contribution is -0.146. The Hall–Kier alpha value is -1.55. The van der Waals surface area contributed by atoms with Crippen molar-refractivity contribution in [3.63, 3.8) is 0 Å². The van der Waals surface area contributed by atoms with Crippen molar-refractivity contribution < 1.29 is 19.4 Å². The normalized spacial score (nSPS) is 10.0. The molecule has 1 aromatic rings. The molecule has 1 rings (SSSR count). The van der Waals surface area contributed by atoms with Gasteiger partial charge in [-0.3, -0.25) is 0 Å². The zero-order valence-electron chi connectivity index (χ0n) is 10.0. The Labute approximate surface area is 101 Å². The van der Waals surface area contributed by atoms with Crippen LogP contribution >= 0.6 is 0 Å². The van der Waals surface area contributed by atoms with E-state index in [1.54, 1.807) is 24.3 Å². The predicted octanol–water partition coefficient (Wildman–Crippen LogP) is 1.90. The highest BCUT2D eigenvalue weighted by molar-refractivity contribution is 5.71. The fraction of sp³-hybridized carbons (Fsp3) is 0.462. The van der Waals surface area contributed by atoms with E-state index in [1.165, 1.54) is 0 Å². The molecule has 4 heteroatoms. The molecule has 0 aliphatic rings. The third-order valence-corrected chi connectivity index (χ3v) is 2.22. The maximum Gasteiger partial charge on any atom is 0.344 e. The van der Waals surface area contributed by atoms with E-state index < -0.39 is 0 Å². The van der Waals surface area contributed by atoms with Crippen molar-refractivity contribution >= 4 is 5.97 Å². The number of aliphatic hydroxyl groups is 1. The number of benzene rings is 1. The SMILES string of the molecule is CCCCOC(=O)COc1ccc(CO)cc1. The molecule has 0 aliphatic carbocycles. The molecule has 0 saturated carbocycles. The lowest BCUT2D eigenvalue weighted by Crippen LogP contribution is -2.15. The first-order valence-electron chi connectivity index (χ1n) is 5.74. The van der Waals surface area contributed by atoms with Gasteiger partial charge in [0.2, 0.25) is 0 Å². The number of aliphatic hydroxyl groups excluding tert-OH is 1. The minimum atomic E-state index is -0.357. The molecule has 17 heavy (non-hydrogen) atoms. The highest BCUT2D eigenvalue weighted by Gasteiger charge is 2.03. The smallest absolute Gasteiger partial charge is 0.344 e. The summed E-state index contributed by atoms with van der Waals surface area (Å²) in [5.41, 5.74) is 0.808. The first-order valence-corrected chi connectivity index (χ1v) is 5.74.